The van der Waals surface area contributed by atoms with Crippen LogP contribution in [0.1, 0.15) is 2.85 Å². The maximum atomic E-state index is 10.5. The summed E-state index contributed by atoms with van der Waals surface area (Å²) < 4.78 is 29.4. The fraction of sp³-hybridized carbons (Fsp3) is 0. The van der Waals surface area contributed by atoms with Gasteiger partial charge in [0.05, 0.1) is 4.90 Å². The first-order valence-corrected chi connectivity index (χ1v) is 4.27. The molecule has 0 fully saturated rings. The summed E-state index contributed by atoms with van der Waals surface area (Å²) in [5.74, 6) is 0. The Balaban J connectivity index is -0.000000151. The molecular weight excluding hydrogens is 217 g/mol. The molecule has 1 aromatic rings. The third-order valence-corrected chi connectivity index (χ3v) is 2.05. The average Bonchev–Trinajstić information content (AvgIpc) is 1.86. The van der Waals surface area contributed by atoms with Gasteiger partial charge in [0.1, 0.15) is 0 Å². The van der Waals surface area contributed by atoms with Crippen molar-refractivity contribution in [2.24, 2.45) is 0 Å². The Kier molecular flexibility index (Phi) is 7.07. The molecule has 0 radical (unpaired) electrons. The first kappa shape index (κ1) is 15.7. The van der Waals surface area contributed by atoms with Crippen molar-refractivity contribution in [1.82, 2.24) is 0 Å². The summed E-state index contributed by atoms with van der Waals surface area (Å²) in [6.45, 7) is 0. The average molecular weight is 230 g/mol. The fourth-order valence-corrected chi connectivity index (χ4v) is 1.12. The molecule has 0 heterocycles. The van der Waals surface area contributed by atoms with Gasteiger partial charge in [0.15, 0.2) is 17.4 Å². The van der Waals surface area contributed by atoms with E-state index in [0.717, 1.165) is 0 Å². The molecule has 0 bridgehead atoms. The molecule has 13 heavy (non-hydrogen) atoms. The van der Waals surface area contributed by atoms with Crippen molar-refractivity contribution in [2.75, 3.05) is 5.73 Å². The Morgan fingerprint density at radius 1 is 1.23 bits per heavy atom. The van der Waals surface area contributed by atoms with Crippen LogP contribution >= 0.6 is 0 Å². The van der Waals surface area contributed by atoms with E-state index in [9.17, 15) is 8.42 Å². The van der Waals surface area contributed by atoms with E-state index < -0.39 is 10.1 Å². The molecule has 0 saturated carbocycles. The summed E-state index contributed by atoms with van der Waals surface area (Å²) in [7, 11) is -4.08. The van der Waals surface area contributed by atoms with E-state index in [1.807, 2.05) is 0 Å². The van der Waals surface area contributed by atoms with Crippen molar-refractivity contribution in [3.8, 4) is 0 Å². The van der Waals surface area contributed by atoms with Crippen LogP contribution in [0.4, 0.5) is 5.69 Å². The van der Waals surface area contributed by atoms with Gasteiger partial charge in [-0.1, -0.05) is 0 Å². The molecule has 0 aliphatic heterocycles. The first-order chi connectivity index (χ1) is 5.00. The van der Waals surface area contributed by atoms with E-state index >= 15 is 0 Å². The van der Waals surface area contributed by atoms with Gasteiger partial charge in [-0.25, -0.2) is 0 Å². The van der Waals surface area contributed by atoms with Gasteiger partial charge in [-0.2, -0.15) is 8.42 Å². The van der Waals surface area contributed by atoms with Crippen LogP contribution in [0.15, 0.2) is 29.2 Å². The van der Waals surface area contributed by atoms with Gasteiger partial charge < -0.3 is 8.59 Å². The zero-order chi connectivity index (χ0) is 8.48. The van der Waals surface area contributed by atoms with Crippen LogP contribution in [0.5, 0.6) is 0 Å². The van der Waals surface area contributed by atoms with Crippen molar-refractivity contribution in [3.05, 3.63) is 24.3 Å². The van der Waals surface area contributed by atoms with Crippen LogP contribution in [0.2, 0.25) is 0 Å². The topological polar surface area (TPSA) is 80.4 Å². The molecule has 0 aliphatic carbocycles. The van der Waals surface area contributed by atoms with Crippen molar-refractivity contribution in [3.63, 3.8) is 0 Å². The maximum absolute atomic E-state index is 10.5. The Morgan fingerprint density at radius 2 is 1.62 bits per heavy atom. The maximum Gasteiger partial charge on any atom is 2.00 e. The smallest absolute Gasteiger partial charge is 1.00 e. The summed E-state index contributed by atoms with van der Waals surface area (Å²) in [6.07, 6.45) is 0. The molecule has 0 aliphatic rings. The van der Waals surface area contributed by atoms with E-state index in [4.69, 9.17) is 10.3 Å². The zero-order valence-corrected chi connectivity index (χ0v) is 8.50. The molecule has 7 heteroatoms. The number of rotatable bonds is 1. The Hall–Kier alpha value is 0.229. The van der Waals surface area contributed by atoms with E-state index in [2.05, 4.69) is 0 Å². The second-order valence-corrected chi connectivity index (χ2v) is 3.47. The molecule has 4 nitrogen and oxygen atoms in total. The largest absolute Gasteiger partial charge is 2.00 e. The Labute approximate surface area is 107 Å². The monoisotopic (exact) mass is 229 g/mol. The minimum atomic E-state index is -4.08. The molecule has 70 valence electrons. The normalized spacial score (nSPS) is 9.62. The minimum absolute atomic E-state index is 0. The minimum Gasteiger partial charge on any atom is -1.00 e. The summed E-state index contributed by atoms with van der Waals surface area (Å²) in [4.78, 5) is -0.147. The molecule has 0 saturated heterocycles. The second-order valence-electron chi connectivity index (χ2n) is 2.04. The number of hydrogen-bond acceptors (Lipinski definition) is 3. The molecular formula is C6H12AlMgNO3S. The summed E-state index contributed by atoms with van der Waals surface area (Å²) in [5.41, 5.74) is 5.75. The van der Waals surface area contributed by atoms with Gasteiger partial charge >= 0.3 is 23.1 Å². The first-order valence-electron chi connectivity index (χ1n) is 2.83. The van der Waals surface area contributed by atoms with Crippen LogP contribution < -0.4 is 5.73 Å². The molecule has 0 atom stereocenters. The van der Waals surface area contributed by atoms with Gasteiger partial charge in [0, 0.05) is 5.69 Å². The van der Waals surface area contributed by atoms with Crippen LogP contribution in [0.25, 0.3) is 0 Å². The third kappa shape index (κ3) is 4.86. The van der Waals surface area contributed by atoms with E-state index in [1.54, 1.807) is 0 Å². The van der Waals surface area contributed by atoms with Gasteiger partial charge in [-0.15, -0.1) is 0 Å². The van der Waals surface area contributed by atoms with Crippen molar-refractivity contribution in [1.29, 1.82) is 0 Å². The molecule has 0 spiro atoms. The predicted octanol–water partition coefficient (Wildman–Crippen LogP) is -0.824. The van der Waals surface area contributed by atoms with Crippen LogP contribution in [-0.2, 0) is 10.1 Å². The Bertz CT molecular complexity index is 359. The van der Waals surface area contributed by atoms with E-state index in [1.165, 1.54) is 24.3 Å². The second kappa shape index (κ2) is 5.85. The van der Waals surface area contributed by atoms with Crippen LogP contribution in [0.3, 0.4) is 0 Å². The van der Waals surface area contributed by atoms with Crippen molar-refractivity contribution in [2.45, 2.75) is 4.90 Å². The standard InChI is InChI=1S/C6H7NO3S.Al.Mg.5H/c7-5-1-3-6(4-2-5)11(8,9)10;;;;;;;/h1-4H,7H2,(H,8,9,10);;;;;;;/q;;+2;;;;2*-1. The molecule has 0 aromatic heterocycles. The number of anilines is 1. The molecule has 0 unspecified atom stereocenters. The summed E-state index contributed by atoms with van der Waals surface area (Å²) in [6, 6.07) is 5.29. The molecule has 1 rings (SSSR count). The summed E-state index contributed by atoms with van der Waals surface area (Å²) in [5, 5.41) is 0. The van der Waals surface area contributed by atoms with Crippen LogP contribution in [0, 0.1) is 0 Å². The van der Waals surface area contributed by atoms with E-state index in [-0.39, 0.29) is 48.2 Å². The predicted molar refractivity (Wildman–Crippen MR) is 58.6 cm³/mol. The molecule has 1 aromatic carbocycles. The quantitative estimate of drug-likeness (QED) is 0.374. The zero-order valence-electron chi connectivity index (χ0n) is 8.27. The number of nitrogen functional groups attached to an aromatic ring is 1. The van der Waals surface area contributed by atoms with Crippen molar-refractivity contribution >= 4 is 56.2 Å². The third-order valence-electron chi connectivity index (χ3n) is 1.18. The van der Waals surface area contributed by atoms with Gasteiger partial charge in [-0.05, 0) is 24.3 Å². The van der Waals surface area contributed by atoms with Crippen molar-refractivity contribution < 1.29 is 15.8 Å². The number of nitrogens with two attached hydrogens (primary N) is 1. The van der Waals surface area contributed by atoms with Gasteiger partial charge in [-0.3, -0.25) is 4.55 Å². The van der Waals surface area contributed by atoms with Gasteiger partial charge in [0.2, 0.25) is 0 Å². The van der Waals surface area contributed by atoms with Gasteiger partial charge in [0.25, 0.3) is 10.1 Å². The number of benzene rings is 1. The summed E-state index contributed by atoms with van der Waals surface area (Å²) >= 11 is 0. The Morgan fingerprint density at radius 3 is 1.92 bits per heavy atom. The fourth-order valence-electron chi connectivity index (χ4n) is 0.640. The van der Waals surface area contributed by atoms with E-state index in [0.29, 0.717) is 5.69 Å². The number of hydrogen-bond donors (Lipinski definition) is 2. The SMILES string of the molecule is Nc1ccc(S(=O)(=O)O)cc1.[AlH3].[H-].[H-].[Mg+2]. The molecule has 0 amide bonds. The van der Waals surface area contributed by atoms with Crippen LogP contribution in [-0.4, -0.2) is 53.4 Å². The molecule has 3 N–H and O–H groups in total.